The molecule has 0 unspecified atom stereocenters. The van der Waals surface area contributed by atoms with E-state index in [4.69, 9.17) is 9.47 Å². The molecule has 0 spiro atoms. The van der Waals surface area contributed by atoms with Gasteiger partial charge in [-0.1, -0.05) is 110 Å². The van der Waals surface area contributed by atoms with Crippen LogP contribution in [0.4, 0.5) is 0 Å². The maximum Gasteiger partial charge on any atom is 0.328 e. The van der Waals surface area contributed by atoms with Crippen LogP contribution in [0.3, 0.4) is 0 Å². The summed E-state index contributed by atoms with van der Waals surface area (Å²) in [5.74, 6) is -0.479. The molecule has 0 saturated carbocycles. The van der Waals surface area contributed by atoms with Crippen molar-refractivity contribution in [2.75, 3.05) is 12.9 Å². The number of esters is 2. The number of thioether (sulfide) groups is 1. The quantitative estimate of drug-likeness (QED) is 0.0598. The number of rotatable bonds is 20. The van der Waals surface area contributed by atoms with Gasteiger partial charge in [-0.15, -0.1) is 11.8 Å². The number of benzene rings is 1. The first-order valence-electron chi connectivity index (χ1n) is 13.6. The van der Waals surface area contributed by atoms with Crippen molar-refractivity contribution in [3.05, 3.63) is 24.3 Å². The van der Waals surface area contributed by atoms with Crippen LogP contribution in [-0.4, -0.2) is 24.8 Å². The van der Waals surface area contributed by atoms with Crippen LogP contribution in [0.1, 0.15) is 117 Å². The van der Waals surface area contributed by atoms with Crippen LogP contribution < -0.4 is 4.74 Å². The minimum Gasteiger partial charge on any atom is -0.465 e. The fourth-order valence-electron chi connectivity index (χ4n) is 4.23. The van der Waals surface area contributed by atoms with Gasteiger partial charge < -0.3 is 9.47 Å². The molecular weight excluding hydrogens is 444 g/mol. The summed E-state index contributed by atoms with van der Waals surface area (Å²) >= 11 is 1.51. The number of hydrogen-bond acceptors (Lipinski definition) is 5. The van der Waals surface area contributed by atoms with E-state index in [2.05, 4.69) is 6.92 Å². The Bertz CT molecular complexity index is 684. The van der Waals surface area contributed by atoms with E-state index in [0.29, 0.717) is 25.2 Å². The van der Waals surface area contributed by atoms with Crippen molar-refractivity contribution in [1.29, 1.82) is 0 Å². The molecule has 0 fully saturated rings. The number of carbonyl (C=O) groups is 2. The zero-order chi connectivity index (χ0) is 25.1. The molecule has 34 heavy (non-hydrogen) atoms. The van der Waals surface area contributed by atoms with Gasteiger partial charge in [-0.25, -0.2) is 0 Å². The van der Waals surface area contributed by atoms with Crippen LogP contribution in [0.25, 0.3) is 0 Å². The Kier molecular flexibility index (Phi) is 16.9. The van der Waals surface area contributed by atoms with E-state index in [1.54, 1.807) is 6.07 Å². The highest BCUT2D eigenvalue weighted by Gasteiger charge is 2.46. The molecule has 1 aromatic carbocycles. The Labute approximate surface area is 212 Å². The third-order valence-electron chi connectivity index (χ3n) is 6.74. The molecule has 1 rings (SSSR count). The number of ether oxygens (including phenoxy) is 2. The molecule has 1 aromatic rings. The predicted octanol–water partition coefficient (Wildman–Crippen LogP) is 8.75. The van der Waals surface area contributed by atoms with E-state index in [1.165, 1.54) is 82.4 Å². The molecule has 0 aromatic heterocycles. The number of unbranched alkanes of at least 4 members (excludes halogenated alkanes) is 12. The van der Waals surface area contributed by atoms with Crippen LogP contribution >= 0.6 is 11.8 Å². The van der Waals surface area contributed by atoms with Gasteiger partial charge in [-0.2, -0.15) is 0 Å². The van der Waals surface area contributed by atoms with Gasteiger partial charge in [0.05, 0.1) is 6.61 Å². The van der Waals surface area contributed by atoms with Crippen molar-refractivity contribution in [2.24, 2.45) is 5.41 Å². The summed E-state index contributed by atoms with van der Waals surface area (Å²) in [6, 6.07) is 7.40. The summed E-state index contributed by atoms with van der Waals surface area (Å²) in [5.41, 5.74) is -1.25. The molecule has 0 heterocycles. The lowest BCUT2D eigenvalue weighted by Crippen LogP contribution is -2.42. The molecule has 0 saturated heterocycles. The van der Waals surface area contributed by atoms with Gasteiger partial charge in [0.1, 0.15) is 5.75 Å². The lowest BCUT2D eigenvalue weighted by Gasteiger charge is -2.27. The summed E-state index contributed by atoms with van der Waals surface area (Å²) < 4.78 is 11.2. The Morgan fingerprint density at radius 1 is 0.735 bits per heavy atom. The normalized spacial score (nSPS) is 11.4. The summed E-state index contributed by atoms with van der Waals surface area (Å²) in [4.78, 5) is 26.8. The first kappa shape index (κ1) is 30.5. The van der Waals surface area contributed by atoms with E-state index < -0.39 is 17.4 Å². The highest BCUT2D eigenvalue weighted by Crippen LogP contribution is 2.34. The lowest BCUT2D eigenvalue weighted by molar-refractivity contribution is -0.168. The van der Waals surface area contributed by atoms with Gasteiger partial charge in [0.2, 0.25) is 0 Å². The standard InChI is InChI=1S/C29H48O4S/c1-5-8-9-10-11-12-13-14-15-16-17-18-21-24-32-27(30)29(6-2,7-3)28(31)33-25-22-19-20-23-26(25)34-4/h19-20,22-23H,5-18,21,24H2,1-4H3. The van der Waals surface area contributed by atoms with Crippen LogP contribution in [0.2, 0.25) is 0 Å². The molecule has 4 nitrogen and oxygen atoms in total. The molecule has 0 atom stereocenters. The van der Waals surface area contributed by atoms with Crippen LogP contribution in [0.15, 0.2) is 29.2 Å². The molecule has 0 N–H and O–H groups in total. The monoisotopic (exact) mass is 492 g/mol. The number of hydrogen-bond donors (Lipinski definition) is 0. The molecule has 194 valence electrons. The maximum atomic E-state index is 13.0. The molecule has 0 aliphatic heterocycles. The third kappa shape index (κ3) is 10.8. The first-order chi connectivity index (χ1) is 16.6. The second-order valence-corrected chi connectivity index (χ2v) is 10.1. The second-order valence-electron chi connectivity index (χ2n) is 9.21. The molecule has 0 aliphatic carbocycles. The maximum absolute atomic E-state index is 13.0. The van der Waals surface area contributed by atoms with Gasteiger partial charge in [-0.3, -0.25) is 9.59 Å². The van der Waals surface area contributed by atoms with Crippen molar-refractivity contribution in [1.82, 2.24) is 0 Å². The first-order valence-corrected chi connectivity index (χ1v) is 14.8. The average Bonchev–Trinajstić information content (AvgIpc) is 2.85. The SMILES string of the molecule is CCCCCCCCCCCCCCCOC(=O)C(CC)(CC)C(=O)Oc1ccccc1SC. The third-order valence-corrected chi connectivity index (χ3v) is 7.52. The minimum absolute atomic E-state index is 0.362. The molecule has 5 heteroatoms. The van der Waals surface area contributed by atoms with Crippen LogP contribution in [0, 0.1) is 5.41 Å². The number of para-hydroxylation sites is 1. The Hall–Kier alpha value is -1.49. The van der Waals surface area contributed by atoms with E-state index in [9.17, 15) is 9.59 Å². The fraction of sp³-hybridized carbons (Fsp3) is 0.724. The summed E-state index contributed by atoms with van der Waals surface area (Å²) in [5, 5.41) is 0. The smallest absolute Gasteiger partial charge is 0.328 e. The van der Waals surface area contributed by atoms with Gasteiger partial charge in [0.25, 0.3) is 0 Å². The van der Waals surface area contributed by atoms with Crippen LogP contribution in [-0.2, 0) is 14.3 Å². The van der Waals surface area contributed by atoms with Gasteiger partial charge in [0, 0.05) is 4.90 Å². The molecule has 0 bridgehead atoms. The summed E-state index contributed by atoms with van der Waals surface area (Å²) in [6.07, 6.45) is 19.2. The highest BCUT2D eigenvalue weighted by molar-refractivity contribution is 7.98. The Morgan fingerprint density at radius 3 is 1.74 bits per heavy atom. The number of carbonyl (C=O) groups excluding carboxylic acids is 2. The molecular formula is C29H48O4S. The van der Waals surface area contributed by atoms with Crippen molar-refractivity contribution < 1.29 is 19.1 Å². The van der Waals surface area contributed by atoms with E-state index in [-0.39, 0.29) is 0 Å². The highest BCUT2D eigenvalue weighted by atomic mass is 32.2. The average molecular weight is 493 g/mol. The largest absolute Gasteiger partial charge is 0.465 e. The van der Waals surface area contributed by atoms with Crippen molar-refractivity contribution in [3.63, 3.8) is 0 Å². The van der Waals surface area contributed by atoms with E-state index in [0.717, 1.165) is 17.7 Å². The molecule has 0 radical (unpaired) electrons. The van der Waals surface area contributed by atoms with Crippen molar-refractivity contribution >= 4 is 23.7 Å². The Balaban J connectivity index is 2.27. The minimum atomic E-state index is -1.25. The Morgan fingerprint density at radius 2 is 1.24 bits per heavy atom. The zero-order valence-corrected chi connectivity index (χ0v) is 23.0. The molecule has 0 aliphatic rings. The fourth-order valence-corrected chi connectivity index (χ4v) is 4.76. The topological polar surface area (TPSA) is 52.6 Å². The summed E-state index contributed by atoms with van der Waals surface area (Å²) in [7, 11) is 0. The van der Waals surface area contributed by atoms with E-state index in [1.807, 2.05) is 38.3 Å². The van der Waals surface area contributed by atoms with Crippen LogP contribution in [0.5, 0.6) is 5.75 Å². The lowest BCUT2D eigenvalue weighted by atomic mass is 9.82. The summed E-state index contributed by atoms with van der Waals surface area (Å²) in [6.45, 7) is 6.32. The second kappa shape index (κ2) is 18.8. The zero-order valence-electron chi connectivity index (χ0n) is 22.2. The van der Waals surface area contributed by atoms with Gasteiger partial charge in [0.15, 0.2) is 5.41 Å². The van der Waals surface area contributed by atoms with Gasteiger partial charge in [-0.05, 0) is 37.7 Å². The van der Waals surface area contributed by atoms with Gasteiger partial charge >= 0.3 is 11.9 Å². The van der Waals surface area contributed by atoms with Crippen molar-refractivity contribution in [2.45, 2.75) is 122 Å². The molecule has 0 amide bonds. The predicted molar refractivity (Wildman–Crippen MR) is 144 cm³/mol. The van der Waals surface area contributed by atoms with Crippen molar-refractivity contribution in [3.8, 4) is 5.75 Å². The van der Waals surface area contributed by atoms with E-state index >= 15 is 0 Å².